The number of carbonyl (C=O) groups is 1. The summed E-state index contributed by atoms with van der Waals surface area (Å²) >= 11 is 0. The molecule has 2 amide bonds. The van der Waals surface area contributed by atoms with Crippen molar-refractivity contribution in [1.29, 1.82) is 0 Å². The third-order valence-corrected chi connectivity index (χ3v) is 3.48. The van der Waals surface area contributed by atoms with Crippen LogP contribution >= 0.6 is 0 Å². The molecule has 0 aromatic heterocycles. The van der Waals surface area contributed by atoms with Gasteiger partial charge in [-0.15, -0.1) is 0 Å². The second-order valence-corrected chi connectivity index (χ2v) is 5.05. The van der Waals surface area contributed by atoms with Crippen LogP contribution in [0.3, 0.4) is 0 Å². The fourth-order valence-corrected chi connectivity index (χ4v) is 2.11. The van der Waals surface area contributed by atoms with E-state index in [4.69, 9.17) is 5.73 Å². The summed E-state index contributed by atoms with van der Waals surface area (Å²) in [7, 11) is 0. The van der Waals surface area contributed by atoms with Crippen molar-refractivity contribution in [2.75, 3.05) is 18.4 Å². The van der Waals surface area contributed by atoms with Crippen LogP contribution in [0, 0.1) is 0 Å². The molecule has 1 fully saturated rings. The molecule has 0 saturated carbocycles. The van der Waals surface area contributed by atoms with Gasteiger partial charge in [-0.25, -0.2) is 4.79 Å². The molecular weight excluding hydrogens is 271 g/mol. The van der Waals surface area contributed by atoms with Gasteiger partial charge in [0, 0.05) is 13.1 Å². The van der Waals surface area contributed by atoms with Crippen molar-refractivity contribution in [3.63, 3.8) is 0 Å². The number of likely N-dealkylation sites (tertiary alicyclic amines) is 1. The highest BCUT2D eigenvalue weighted by Gasteiger charge is 2.41. The predicted octanol–water partition coefficient (Wildman–Crippen LogP) is 2.66. The molecule has 0 aliphatic carbocycles. The molecule has 0 radical (unpaired) electrons. The van der Waals surface area contributed by atoms with E-state index in [2.05, 4.69) is 5.32 Å². The SMILES string of the molecule is CCC1(N)CN(C(=O)Nc2ccccc2C(F)(F)F)C1. The van der Waals surface area contributed by atoms with Crippen LogP contribution in [0.5, 0.6) is 0 Å². The van der Waals surface area contributed by atoms with Gasteiger partial charge >= 0.3 is 12.2 Å². The number of urea groups is 1. The summed E-state index contributed by atoms with van der Waals surface area (Å²) in [6.45, 7) is 2.61. The van der Waals surface area contributed by atoms with Crippen LogP contribution in [-0.2, 0) is 6.18 Å². The molecule has 20 heavy (non-hydrogen) atoms. The number of benzene rings is 1. The monoisotopic (exact) mass is 287 g/mol. The molecule has 0 bridgehead atoms. The molecule has 1 aromatic carbocycles. The minimum Gasteiger partial charge on any atom is -0.322 e. The maximum absolute atomic E-state index is 12.8. The Kier molecular flexibility index (Phi) is 3.64. The molecule has 3 N–H and O–H groups in total. The van der Waals surface area contributed by atoms with Gasteiger partial charge in [0.25, 0.3) is 0 Å². The van der Waals surface area contributed by atoms with Crippen molar-refractivity contribution in [1.82, 2.24) is 4.90 Å². The van der Waals surface area contributed by atoms with Gasteiger partial charge in [-0.2, -0.15) is 13.2 Å². The number of hydrogen-bond donors (Lipinski definition) is 2. The van der Waals surface area contributed by atoms with Crippen molar-refractivity contribution in [2.45, 2.75) is 25.1 Å². The lowest BCUT2D eigenvalue weighted by molar-refractivity contribution is -0.136. The van der Waals surface area contributed by atoms with Gasteiger partial charge in [-0.05, 0) is 18.6 Å². The average molecular weight is 287 g/mol. The van der Waals surface area contributed by atoms with Gasteiger partial charge in [-0.3, -0.25) is 0 Å². The van der Waals surface area contributed by atoms with Crippen LogP contribution in [-0.4, -0.2) is 29.6 Å². The molecule has 0 atom stereocenters. The predicted molar refractivity (Wildman–Crippen MR) is 69.2 cm³/mol. The third kappa shape index (κ3) is 2.87. The second-order valence-electron chi connectivity index (χ2n) is 5.05. The lowest BCUT2D eigenvalue weighted by Crippen LogP contribution is -2.68. The van der Waals surface area contributed by atoms with E-state index in [1.807, 2.05) is 6.92 Å². The van der Waals surface area contributed by atoms with Crippen LogP contribution < -0.4 is 11.1 Å². The average Bonchev–Trinajstić information content (AvgIpc) is 2.34. The Hall–Kier alpha value is -1.76. The zero-order valence-electron chi connectivity index (χ0n) is 11.0. The molecule has 1 aromatic rings. The number of rotatable bonds is 2. The van der Waals surface area contributed by atoms with Gasteiger partial charge < -0.3 is 16.0 Å². The highest BCUT2D eigenvalue weighted by Crippen LogP contribution is 2.35. The number of nitrogens with zero attached hydrogens (tertiary/aromatic N) is 1. The van der Waals surface area contributed by atoms with E-state index in [-0.39, 0.29) is 5.69 Å². The molecule has 0 unspecified atom stereocenters. The lowest BCUT2D eigenvalue weighted by atomic mass is 9.89. The van der Waals surface area contributed by atoms with Crippen LogP contribution in [0.15, 0.2) is 24.3 Å². The van der Waals surface area contributed by atoms with E-state index in [0.29, 0.717) is 13.1 Å². The number of halogens is 3. The van der Waals surface area contributed by atoms with Crippen LogP contribution in [0.1, 0.15) is 18.9 Å². The molecule has 1 saturated heterocycles. The maximum Gasteiger partial charge on any atom is 0.418 e. The van der Waals surface area contributed by atoms with Crippen molar-refractivity contribution < 1.29 is 18.0 Å². The Morgan fingerprint density at radius 2 is 2.00 bits per heavy atom. The number of amides is 2. The summed E-state index contributed by atoms with van der Waals surface area (Å²) in [6, 6.07) is 4.34. The first-order chi connectivity index (χ1) is 9.25. The molecule has 1 heterocycles. The van der Waals surface area contributed by atoms with Crippen LogP contribution in [0.4, 0.5) is 23.7 Å². The summed E-state index contributed by atoms with van der Waals surface area (Å²) in [5.74, 6) is 0. The molecule has 4 nitrogen and oxygen atoms in total. The van der Waals surface area contributed by atoms with Gasteiger partial charge in [0.2, 0.25) is 0 Å². The topological polar surface area (TPSA) is 58.4 Å². The van der Waals surface area contributed by atoms with E-state index >= 15 is 0 Å². The second kappa shape index (κ2) is 4.97. The van der Waals surface area contributed by atoms with Crippen molar-refractivity contribution in [3.05, 3.63) is 29.8 Å². The molecule has 1 aliphatic rings. The highest BCUT2D eigenvalue weighted by atomic mass is 19.4. The van der Waals surface area contributed by atoms with Gasteiger partial charge in [0.1, 0.15) is 0 Å². The number of alkyl halides is 3. The quantitative estimate of drug-likeness (QED) is 0.878. The summed E-state index contributed by atoms with van der Waals surface area (Å²) in [6.07, 6.45) is -3.78. The fourth-order valence-electron chi connectivity index (χ4n) is 2.11. The first-order valence-electron chi connectivity index (χ1n) is 6.26. The van der Waals surface area contributed by atoms with Gasteiger partial charge in [-0.1, -0.05) is 19.1 Å². The number of carbonyl (C=O) groups excluding carboxylic acids is 1. The van der Waals surface area contributed by atoms with Crippen LogP contribution in [0.2, 0.25) is 0 Å². The van der Waals surface area contributed by atoms with E-state index < -0.39 is 23.3 Å². The smallest absolute Gasteiger partial charge is 0.322 e. The fraction of sp³-hybridized carbons (Fsp3) is 0.462. The number of anilines is 1. The number of para-hydroxylation sites is 1. The standard InChI is InChI=1S/C13H16F3N3O/c1-2-12(17)7-19(8-12)11(20)18-10-6-4-3-5-9(10)13(14,15)16/h3-6H,2,7-8,17H2,1H3,(H,18,20). The minimum atomic E-state index is -4.50. The van der Waals surface area contributed by atoms with E-state index in [9.17, 15) is 18.0 Å². The molecule has 2 rings (SSSR count). The number of hydrogen-bond acceptors (Lipinski definition) is 2. The summed E-state index contributed by atoms with van der Waals surface area (Å²) in [5.41, 5.74) is 4.41. The third-order valence-electron chi connectivity index (χ3n) is 3.48. The summed E-state index contributed by atoms with van der Waals surface area (Å²) in [5, 5.41) is 2.29. The van der Waals surface area contributed by atoms with Crippen LogP contribution in [0.25, 0.3) is 0 Å². The van der Waals surface area contributed by atoms with Gasteiger partial charge in [0.05, 0.1) is 16.8 Å². The van der Waals surface area contributed by atoms with Crippen molar-refractivity contribution >= 4 is 11.7 Å². The molecule has 0 spiro atoms. The maximum atomic E-state index is 12.8. The molecule has 1 aliphatic heterocycles. The van der Waals surface area contributed by atoms with E-state index in [0.717, 1.165) is 12.5 Å². The van der Waals surface area contributed by atoms with Crippen molar-refractivity contribution in [3.8, 4) is 0 Å². The first-order valence-corrected chi connectivity index (χ1v) is 6.26. The van der Waals surface area contributed by atoms with E-state index in [1.165, 1.54) is 23.1 Å². The number of nitrogens with one attached hydrogen (secondary N) is 1. The zero-order chi connectivity index (χ0) is 15.0. The minimum absolute atomic E-state index is 0.240. The summed E-state index contributed by atoms with van der Waals surface area (Å²) in [4.78, 5) is 13.3. The van der Waals surface area contributed by atoms with E-state index in [1.54, 1.807) is 0 Å². The highest BCUT2D eigenvalue weighted by molar-refractivity contribution is 5.91. The Morgan fingerprint density at radius 3 is 2.55 bits per heavy atom. The van der Waals surface area contributed by atoms with Crippen molar-refractivity contribution in [2.24, 2.45) is 5.73 Å². The molecule has 7 heteroatoms. The summed E-state index contributed by atoms with van der Waals surface area (Å²) < 4.78 is 38.4. The Morgan fingerprint density at radius 1 is 1.40 bits per heavy atom. The Bertz CT molecular complexity index is 510. The number of nitrogens with two attached hydrogens (primary N) is 1. The largest absolute Gasteiger partial charge is 0.418 e. The first kappa shape index (κ1) is 14.6. The normalized spacial score (nSPS) is 17.6. The van der Waals surface area contributed by atoms with Gasteiger partial charge in [0.15, 0.2) is 0 Å². The lowest BCUT2D eigenvalue weighted by Gasteiger charge is -2.47. The Labute approximate surface area is 114 Å². The zero-order valence-corrected chi connectivity index (χ0v) is 11.0. The Balaban J connectivity index is 2.07. The molecular formula is C13H16F3N3O. The molecule has 110 valence electrons.